The summed E-state index contributed by atoms with van der Waals surface area (Å²) < 4.78 is 1.57. The predicted molar refractivity (Wildman–Crippen MR) is 63.4 cm³/mol. The maximum atomic E-state index is 9.37. The maximum Gasteiger partial charge on any atom is 0.115 e. The lowest BCUT2D eigenvalue weighted by Crippen LogP contribution is -2.44. The van der Waals surface area contributed by atoms with Gasteiger partial charge in [-0.15, -0.1) is 0 Å². The molecule has 2 aromatic rings. The SMILES string of the molecule is Nc1ccc2c(c1)ncn2C(CO)(CO)CO. The van der Waals surface area contributed by atoms with E-state index >= 15 is 0 Å². The molecule has 0 saturated carbocycles. The summed E-state index contributed by atoms with van der Waals surface area (Å²) in [6, 6.07) is 5.15. The number of nitrogens with two attached hydrogens (primary N) is 1. The average Bonchev–Trinajstić information content (AvgIpc) is 2.76. The Bertz CT molecular complexity index is 511. The lowest BCUT2D eigenvalue weighted by Gasteiger charge is -2.29. The zero-order valence-corrected chi connectivity index (χ0v) is 9.24. The molecule has 5 N–H and O–H groups in total. The van der Waals surface area contributed by atoms with Crippen molar-refractivity contribution in [1.82, 2.24) is 9.55 Å². The lowest BCUT2D eigenvalue weighted by atomic mass is 10.0. The molecule has 0 saturated heterocycles. The summed E-state index contributed by atoms with van der Waals surface area (Å²) >= 11 is 0. The smallest absolute Gasteiger partial charge is 0.115 e. The second-order valence-corrected chi connectivity index (χ2v) is 4.06. The molecule has 1 aromatic heterocycles. The van der Waals surface area contributed by atoms with Crippen molar-refractivity contribution in [1.29, 1.82) is 0 Å². The maximum absolute atomic E-state index is 9.37. The second-order valence-electron chi connectivity index (χ2n) is 4.06. The van der Waals surface area contributed by atoms with Gasteiger partial charge in [0.05, 0.1) is 37.2 Å². The zero-order valence-electron chi connectivity index (χ0n) is 9.24. The van der Waals surface area contributed by atoms with Gasteiger partial charge in [0.15, 0.2) is 0 Å². The largest absolute Gasteiger partial charge is 0.399 e. The topological polar surface area (TPSA) is 105 Å². The number of hydrogen-bond donors (Lipinski definition) is 4. The molecule has 0 aliphatic rings. The molecule has 17 heavy (non-hydrogen) atoms. The molecule has 0 radical (unpaired) electrons. The van der Waals surface area contributed by atoms with Crippen molar-refractivity contribution in [2.45, 2.75) is 5.54 Å². The molecule has 6 nitrogen and oxygen atoms in total. The third kappa shape index (κ3) is 1.76. The quantitative estimate of drug-likeness (QED) is 0.526. The van der Waals surface area contributed by atoms with Crippen molar-refractivity contribution in [3.63, 3.8) is 0 Å². The second kappa shape index (κ2) is 4.33. The minimum absolute atomic E-state index is 0.379. The Morgan fingerprint density at radius 1 is 1.18 bits per heavy atom. The Morgan fingerprint density at radius 3 is 2.41 bits per heavy atom. The average molecular weight is 237 g/mol. The number of benzene rings is 1. The Labute approximate surface area is 97.9 Å². The van der Waals surface area contributed by atoms with E-state index in [1.807, 2.05) is 0 Å². The van der Waals surface area contributed by atoms with Crippen LogP contribution >= 0.6 is 0 Å². The van der Waals surface area contributed by atoms with E-state index in [0.29, 0.717) is 16.7 Å². The van der Waals surface area contributed by atoms with Crippen molar-refractivity contribution in [3.8, 4) is 0 Å². The molecule has 0 amide bonds. The molecule has 2 rings (SSSR count). The van der Waals surface area contributed by atoms with E-state index in [4.69, 9.17) is 5.73 Å². The fourth-order valence-electron chi connectivity index (χ4n) is 1.79. The van der Waals surface area contributed by atoms with Crippen LogP contribution in [0.25, 0.3) is 11.0 Å². The molecule has 92 valence electrons. The number of hydrogen-bond acceptors (Lipinski definition) is 5. The van der Waals surface area contributed by atoms with Gasteiger partial charge in [-0.3, -0.25) is 0 Å². The molecule has 0 aliphatic carbocycles. The number of rotatable bonds is 4. The molecular formula is C11H15N3O3. The number of aliphatic hydroxyl groups is 3. The van der Waals surface area contributed by atoms with Crippen molar-refractivity contribution in [3.05, 3.63) is 24.5 Å². The van der Waals surface area contributed by atoms with Crippen LogP contribution in [0.5, 0.6) is 0 Å². The van der Waals surface area contributed by atoms with Crippen LogP contribution in [0.2, 0.25) is 0 Å². The Hall–Kier alpha value is -1.63. The first-order chi connectivity index (χ1) is 8.16. The van der Waals surface area contributed by atoms with E-state index in [1.54, 1.807) is 22.8 Å². The first-order valence-corrected chi connectivity index (χ1v) is 5.22. The molecule has 0 aliphatic heterocycles. The van der Waals surface area contributed by atoms with Crippen molar-refractivity contribution < 1.29 is 15.3 Å². The van der Waals surface area contributed by atoms with Gasteiger partial charge in [0, 0.05) is 5.69 Å². The number of nitrogens with zero attached hydrogens (tertiary/aromatic N) is 2. The fourth-order valence-corrected chi connectivity index (χ4v) is 1.79. The van der Waals surface area contributed by atoms with E-state index in [2.05, 4.69) is 4.98 Å². The number of imidazole rings is 1. The summed E-state index contributed by atoms with van der Waals surface area (Å²) in [5.41, 5.74) is 6.44. The summed E-state index contributed by atoms with van der Waals surface area (Å²) in [7, 11) is 0. The van der Waals surface area contributed by atoms with E-state index in [9.17, 15) is 15.3 Å². The monoisotopic (exact) mass is 237 g/mol. The van der Waals surface area contributed by atoms with Crippen LogP contribution in [0.15, 0.2) is 24.5 Å². The number of fused-ring (bicyclic) bond motifs is 1. The highest BCUT2D eigenvalue weighted by atomic mass is 16.3. The molecule has 6 heteroatoms. The highest BCUT2D eigenvalue weighted by molar-refractivity contribution is 5.79. The van der Waals surface area contributed by atoms with Gasteiger partial charge >= 0.3 is 0 Å². The third-order valence-corrected chi connectivity index (χ3v) is 2.97. The van der Waals surface area contributed by atoms with Crippen LogP contribution in [0.4, 0.5) is 5.69 Å². The van der Waals surface area contributed by atoms with Crippen LogP contribution in [-0.4, -0.2) is 44.7 Å². The standard InChI is InChI=1S/C11H15N3O3/c12-8-1-2-10-9(3-8)13-7-14(10)11(4-15,5-16)6-17/h1-3,7,15-17H,4-6,12H2. The highest BCUT2D eigenvalue weighted by Crippen LogP contribution is 2.23. The van der Waals surface area contributed by atoms with Crippen molar-refractivity contribution in [2.24, 2.45) is 0 Å². The van der Waals surface area contributed by atoms with Gasteiger partial charge in [0.1, 0.15) is 5.54 Å². The number of aromatic nitrogens is 2. The first-order valence-electron chi connectivity index (χ1n) is 5.22. The van der Waals surface area contributed by atoms with Crippen LogP contribution in [0.1, 0.15) is 0 Å². The van der Waals surface area contributed by atoms with Crippen LogP contribution < -0.4 is 5.73 Å². The van der Waals surface area contributed by atoms with Gasteiger partial charge in [0.2, 0.25) is 0 Å². The summed E-state index contributed by atoms with van der Waals surface area (Å²) in [6.45, 7) is -1.14. The minimum atomic E-state index is -1.15. The number of anilines is 1. The highest BCUT2D eigenvalue weighted by Gasteiger charge is 2.31. The summed E-state index contributed by atoms with van der Waals surface area (Å²) in [5.74, 6) is 0. The molecule has 1 aromatic carbocycles. The van der Waals surface area contributed by atoms with E-state index in [1.165, 1.54) is 6.33 Å². The van der Waals surface area contributed by atoms with Crippen molar-refractivity contribution >= 4 is 16.7 Å². The van der Waals surface area contributed by atoms with Gasteiger partial charge < -0.3 is 25.6 Å². The van der Waals surface area contributed by atoms with Crippen LogP contribution in [-0.2, 0) is 5.54 Å². The number of aliphatic hydroxyl groups excluding tert-OH is 3. The molecule has 0 spiro atoms. The third-order valence-electron chi connectivity index (χ3n) is 2.97. The van der Waals surface area contributed by atoms with Crippen molar-refractivity contribution in [2.75, 3.05) is 25.6 Å². The molecule has 0 atom stereocenters. The molecular weight excluding hydrogens is 222 g/mol. The van der Waals surface area contributed by atoms with E-state index in [-0.39, 0.29) is 19.8 Å². The molecule has 1 heterocycles. The van der Waals surface area contributed by atoms with E-state index < -0.39 is 5.54 Å². The molecule has 0 bridgehead atoms. The number of nitrogen functional groups attached to an aromatic ring is 1. The van der Waals surface area contributed by atoms with Gasteiger partial charge in [-0.1, -0.05) is 0 Å². The Morgan fingerprint density at radius 2 is 1.82 bits per heavy atom. The van der Waals surface area contributed by atoms with Gasteiger partial charge in [0.25, 0.3) is 0 Å². The zero-order chi connectivity index (χ0) is 12.5. The summed E-state index contributed by atoms with van der Waals surface area (Å²) in [5, 5.41) is 28.1. The molecule has 0 fully saturated rings. The Kier molecular flexibility index (Phi) is 3.01. The van der Waals surface area contributed by atoms with Gasteiger partial charge in [-0.25, -0.2) is 4.98 Å². The Balaban J connectivity index is 2.62. The van der Waals surface area contributed by atoms with Gasteiger partial charge in [-0.05, 0) is 18.2 Å². The summed E-state index contributed by atoms with van der Waals surface area (Å²) in [6.07, 6.45) is 1.48. The molecule has 0 unspecified atom stereocenters. The lowest BCUT2D eigenvalue weighted by molar-refractivity contribution is 0.0179. The normalized spacial score (nSPS) is 12.2. The summed E-state index contributed by atoms with van der Waals surface area (Å²) in [4.78, 5) is 4.14. The van der Waals surface area contributed by atoms with Gasteiger partial charge in [-0.2, -0.15) is 0 Å². The predicted octanol–water partition coefficient (Wildman–Crippen LogP) is -0.709. The fraction of sp³-hybridized carbons (Fsp3) is 0.364. The minimum Gasteiger partial charge on any atom is -0.399 e. The van der Waals surface area contributed by atoms with Crippen LogP contribution in [0.3, 0.4) is 0 Å². The van der Waals surface area contributed by atoms with Crippen LogP contribution in [0, 0.1) is 0 Å². The first kappa shape index (κ1) is 11.8. The van der Waals surface area contributed by atoms with E-state index in [0.717, 1.165) is 0 Å².